The van der Waals surface area contributed by atoms with Crippen LogP contribution < -0.4 is 0 Å². The highest BCUT2D eigenvalue weighted by Gasteiger charge is 1.99. The molecule has 2 heteroatoms. The molecule has 1 nitrogen and oxygen atoms in total. The second-order valence-electron chi connectivity index (χ2n) is 2.84. The number of hydrogen-bond donors (Lipinski definition) is 0. The number of rotatable bonds is 6. The molecule has 0 N–H and O–H groups in total. The third kappa shape index (κ3) is 7.23. The van der Waals surface area contributed by atoms with Gasteiger partial charge in [0.25, 0.3) is 0 Å². The van der Waals surface area contributed by atoms with Crippen molar-refractivity contribution in [2.75, 3.05) is 0 Å². The lowest BCUT2D eigenvalue weighted by molar-refractivity contribution is -0.114. The van der Waals surface area contributed by atoms with Crippen LogP contribution in [0.3, 0.4) is 0 Å². The van der Waals surface area contributed by atoms with Gasteiger partial charge < -0.3 is 0 Å². The molecule has 0 saturated carbocycles. The van der Waals surface area contributed by atoms with E-state index < -0.39 is 6.17 Å². The quantitative estimate of drug-likeness (QED) is 0.340. The van der Waals surface area contributed by atoms with Gasteiger partial charge in [-0.3, -0.25) is 4.79 Å². The van der Waals surface area contributed by atoms with Gasteiger partial charge in [-0.2, -0.15) is 0 Å². The Labute approximate surface area is 73.0 Å². The maximum absolute atomic E-state index is 12.3. The van der Waals surface area contributed by atoms with Crippen molar-refractivity contribution in [1.29, 1.82) is 0 Å². The fourth-order valence-electron chi connectivity index (χ4n) is 0.911. The van der Waals surface area contributed by atoms with Crippen LogP contribution >= 0.6 is 0 Å². The summed E-state index contributed by atoms with van der Waals surface area (Å²) in [6.07, 6.45) is 3.13. The molecule has 0 bridgehead atoms. The van der Waals surface area contributed by atoms with Crippen molar-refractivity contribution < 1.29 is 9.18 Å². The van der Waals surface area contributed by atoms with E-state index in [1.165, 1.54) is 13.0 Å². The number of carbonyl (C=O) groups is 1. The van der Waals surface area contributed by atoms with Crippen molar-refractivity contribution in [3.05, 3.63) is 18.4 Å². The van der Waals surface area contributed by atoms with E-state index >= 15 is 0 Å². The maximum Gasteiger partial charge on any atom is 0.163 e. The molecule has 0 spiro atoms. The van der Waals surface area contributed by atoms with Gasteiger partial charge in [-0.25, -0.2) is 4.39 Å². The van der Waals surface area contributed by atoms with E-state index in [9.17, 15) is 9.18 Å². The lowest BCUT2D eigenvalue weighted by Gasteiger charge is -1.99. The SMILES string of the molecule is C=C=CC(=O)CCCCC(C)F. The van der Waals surface area contributed by atoms with Gasteiger partial charge in [0.05, 0.1) is 6.17 Å². The van der Waals surface area contributed by atoms with Crippen molar-refractivity contribution in [1.82, 2.24) is 0 Å². The molecule has 0 aromatic rings. The molecule has 0 radical (unpaired) electrons. The van der Waals surface area contributed by atoms with E-state index in [-0.39, 0.29) is 5.78 Å². The number of hydrogen-bond acceptors (Lipinski definition) is 1. The lowest BCUT2D eigenvalue weighted by Crippen LogP contribution is -1.95. The van der Waals surface area contributed by atoms with Crippen LogP contribution in [0.5, 0.6) is 0 Å². The maximum atomic E-state index is 12.3. The number of halogens is 1. The monoisotopic (exact) mass is 170 g/mol. The molecule has 0 saturated heterocycles. The molecule has 0 aliphatic rings. The number of ketones is 1. The summed E-state index contributed by atoms with van der Waals surface area (Å²) >= 11 is 0. The third-order valence-corrected chi connectivity index (χ3v) is 1.54. The van der Waals surface area contributed by atoms with Crippen LogP contribution in [0.15, 0.2) is 18.4 Å². The first-order valence-corrected chi connectivity index (χ1v) is 4.19. The highest BCUT2D eigenvalue weighted by atomic mass is 19.1. The van der Waals surface area contributed by atoms with Crippen molar-refractivity contribution in [3.63, 3.8) is 0 Å². The van der Waals surface area contributed by atoms with Gasteiger partial charge in [0.15, 0.2) is 5.78 Å². The Balaban J connectivity index is 3.31. The Kier molecular flexibility index (Phi) is 6.31. The molecule has 1 atom stereocenters. The van der Waals surface area contributed by atoms with Crippen molar-refractivity contribution in [2.45, 2.75) is 38.8 Å². The summed E-state index contributed by atoms with van der Waals surface area (Å²) in [6, 6.07) is 0. The standard InChI is InChI=1S/C10H15FO/c1-3-6-10(12)8-5-4-7-9(2)11/h6,9H,1,4-5,7-8H2,2H3. The van der Waals surface area contributed by atoms with Crippen LogP contribution in [0, 0.1) is 0 Å². The zero-order valence-electron chi connectivity index (χ0n) is 7.48. The van der Waals surface area contributed by atoms with Gasteiger partial charge in [-0.1, -0.05) is 13.0 Å². The van der Waals surface area contributed by atoms with E-state index in [0.717, 1.165) is 12.8 Å². The second kappa shape index (κ2) is 6.81. The molecular formula is C10H15FO. The topological polar surface area (TPSA) is 17.1 Å². The minimum absolute atomic E-state index is 0.0245. The Morgan fingerprint density at radius 3 is 2.83 bits per heavy atom. The highest BCUT2D eigenvalue weighted by Crippen LogP contribution is 2.06. The summed E-state index contributed by atoms with van der Waals surface area (Å²) in [5.41, 5.74) is 2.42. The summed E-state index contributed by atoms with van der Waals surface area (Å²) in [7, 11) is 0. The van der Waals surface area contributed by atoms with Crippen molar-refractivity contribution in [2.24, 2.45) is 0 Å². The van der Waals surface area contributed by atoms with Gasteiger partial charge in [-0.05, 0) is 19.8 Å². The van der Waals surface area contributed by atoms with Gasteiger partial charge in [0.1, 0.15) is 0 Å². The van der Waals surface area contributed by atoms with Crippen molar-refractivity contribution in [3.8, 4) is 0 Å². The lowest BCUT2D eigenvalue weighted by atomic mass is 10.1. The number of carbonyl (C=O) groups excluding carboxylic acids is 1. The first-order chi connectivity index (χ1) is 5.66. The van der Waals surface area contributed by atoms with Crippen LogP contribution in [0.1, 0.15) is 32.6 Å². The van der Waals surface area contributed by atoms with Gasteiger partial charge in [-0.15, -0.1) is 5.73 Å². The smallest absolute Gasteiger partial charge is 0.163 e. The van der Waals surface area contributed by atoms with Gasteiger partial charge >= 0.3 is 0 Å². The largest absolute Gasteiger partial charge is 0.294 e. The number of alkyl halides is 1. The summed E-state index contributed by atoms with van der Waals surface area (Å²) in [4.78, 5) is 10.8. The summed E-state index contributed by atoms with van der Waals surface area (Å²) in [6.45, 7) is 4.83. The Bertz CT molecular complexity index is 178. The average Bonchev–Trinajstić information content (AvgIpc) is 1.98. The highest BCUT2D eigenvalue weighted by molar-refractivity contribution is 5.89. The summed E-state index contributed by atoms with van der Waals surface area (Å²) in [5.74, 6) is 0.0245. The molecule has 12 heavy (non-hydrogen) atoms. The fourth-order valence-corrected chi connectivity index (χ4v) is 0.911. The van der Waals surface area contributed by atoms with E-state index in [1.807, 2.05) is 0 Å². The third-order valence-electron chi connectivity index (χ3n) is 1.54. The van der Waals surface area contributed by atoms with E-state index in [1.54, 1.807) is 0 Å². The molecule has 1 unspecified atom stereocenters. The minimum Gasteiger partial charge on any atom is -0.294 e. The molecule has 68 valence electrons. The van der Waals surface area contributed by atoms with Crippen LogP contribution in [-0.2, 0) is 4.79 Å². The zero-order chi connectivity index (χ0) is 9.40. The fraction of sp³-hybridized carbons (Fsp3) is 0.600. The predicted octanol–water partition coefficient (Wildman–Crippen LogP) is 2.82. The van der Waals surface area contributed by atoms with Gasteiger partial charge in [0.2, 0.25) is 0 Å². The zero-order valence-corrected chi connectivity index (χ0v) is 7.48. The average molecular weight is 170 g/mol. The molecule has 0 fully saturated rings. The molecule has 0 aliphatic heterocycles. The molecular weight excluding hydrogens is 155 g/mol. The van der Waals surface area contributed by atoms with Crippen LogP contribution in [-0.4, -0.2) is 12.0 Å². The van der Waals surface area contributed by atoms with Crippen LogP contribution in [0.4, 0.5) is 4.39 Å². The molecule has 0 heterocycles. The van der Waals surface area contributed by atoms with Gasteiger partial charge in [0, 0.05) is 12.5 Å². The Morgan fingerprint density at radius 1 is 1.67 bits per heavy atom. The minimum atomic E-state index is -0.755. The van der Waals surface area contributed by atoms with E-state index in [4.69, 9.17) is 0 Å². The molecule has 0 aromatic carbocycles. The molecule has 0 amide bonds. The summed E-state index contributed by atoms with van der Waals surface area (Å²) < 4.78 is 12.3. The van der Waals surface area contributed by atoms with Crippen LogP contribution in [0.25, 0.3) is 0 Å². The first kappa shape index (κ1) is 11.1. The molecule has 0 rings (SSSR count). The second-order valence-corrected chi connectivity index (χ2v) is 2.84. The first-order valence-electron chi connectivity index (χ1n) is 4.19. The Hall–Kier alpha value is -0.880. The normalized spacial score (nSPS) is 11.8. The summed E-state index contributed by atoms with van der Waals surface area (Å²) in [5, 5.41) is 0. The number of allylic oxidation sites excluding steroid dienone is 1. The van der Waals surface area contributed by atoms with E-state index in [0.29, 0.717) is 12.8 Å². The Morgan fingerprint density at radius 2 is 2.33 bits per heavy atom. The number of unbranched alkanes of at least 4 members (excludes halogenated alkanes) is 1. The molecule has 0 aliphatic carbocycles. The molecule has 0 aromatic heterocycles. The van der Waals surface area contributed by atoms with Crippen LogP contribution in [0.2, 0.25) is 0 Å². The van der Waals surface area contributed by atoms with Crippen molar-refractivity contribution >= 4 is 5.78 Å². The predicted molar refractivity (Wildman–Crippen MR) is 47.8 cm³/mol. The van der Waals surface area contributed by atoms with E-state index in [2.05, 4.69) is 12.3 Å².